The Morgan fingerprint density at radius 2 is 2.06 bits per heavy atom. The van der Waals surface area contributed by atoms with E-state index in [-0.39, 0.29) is 0 Å². The Hall–Kier alpha value is -1.13. The molecule has 0 radical (unpaired) electrons. The van der Waals surface area contributed by atoms with Gasteiger partial charge in [-0.2, -0.15) is 0 Å². The van der Waals surface area contributed by atoms with E-state index in [2.05, 4.69) is 15.9 Å². The summed E-state index contributed by atoms with van der Waals surface area (Å²) in [6, 6.07) is 9.49. The Balaban J connectivity index is 2.50. The highest BCUT2D eigenvalue weighted by molar-refractivity contribution is 9.10. The van der Waals surface area contributed by atoms with Gasteiger partial charge in [-0.15, -0.1) is 11.3 Å². The van der Waals surface area contributed by atoms with Crippen LogP contribution in [-0.2, 0) is 0 Å². The molecule has 2 nitrogen and oxygen atoms in total. The van der Waals surface area contributed by atoms with Crippen molar-refractivity contribution in [3.8, 4) is 10.4 Å². The highest BCUT2D eigenvalue weighted by atomic mass is 79.9. The number of halogens is 1. The third kappa shape index (κ3) is 2.18. The van der Waals surface area contributed by atoms with Crippen molar-refractivity contribution >= 4 is 33.2 Å². The molecule has 2 rings (SSSR count). The quantitative estimate of drug-likeness (QED) is 0.902. The van der Waals surface area contributed by atoms with Crippen molar-refractivity contribution in [3.63, 3.8) is 0 Å². The van der Waals surface area contributed by atoms with Crippen LogP contribution in [0.1, 0.15) is 15.2 Å². The van der Waals surface area contributed by atoms with E-state index in [4.69, 9.17) is 5.11 Å². The molecule has 0 spiro atoms. The molecule has 82 valence electrons. The second kappa shape index (κ2) is 4.39. The second-order valence-electron chi connectivity index (χ2n) is 3.43. The summed E-state index contributed by atoms with van der Waals surface area (Å²) in [5.41, 5.74) is 2.22. The molecule has 0 saturated heterocycles. The number of hydrogen-bond donors (Lipinski definition) is 1. The first kappa shape index (κ1) is 11.4. The van der Waals surface area contributed by atoms with E-state index in [1.807, 2.05) is 31.2 Å². The average Bonchev–Trinajstić information content (AvgIpc) is 2.70. The molecule has 0 atom stereocenters. The lowest BCUT2D eigenvalue weighted by molar-refractivity contribution is 0.0702. The van der Waals surface area contributed by atoms with E-state index in [0.29, 0.717) is 4.88 Å². The van der Waals surface area contributed by atoms with Crippen molar-refractivity contribution in [1.82, 2.24) is 0 Å². The van der Waals surface area contributed by atoms with Gasteiger partial charge in [0.05, 0.1) is 0 Å². The van der Waals surface area contributed by atoms with E-state index in [1.165, 1.54) is 11.3 Å². The third-order valence-electron chi connectivity index (χ3n) is 2.28. The van der Waals surface area contributed by atoms with Gasteiger partial charge in [-0.3, -0.25) is 0 Å². The largest absolute Gasteiger partial charge is 0.477 e. The molecule has 0 aliphatic carbocycles. The van der Waals surface area contributed by atoms with Crippen LogP contribution in [0.25, 0.3) is 10.4 Å². The van der Waals surface area contributed by atoms with Crippen LogP contribution in [0.4, 0.5) is 0 Å². The van der Waals surface area contributed by atoms with Gasteiger partial charge < -0.3 is 5.11 Å². The van der Waals surface area contributed by atoms with Gasteiger partial charge in [0.15, 0.2) is 0 Å². The summed E-state index contributed by atoms with van der Waals surface area (Å²) in [4.78, 5) is 12.2. The summed E-state index contributed by atoms with van der Waals surface area (Å²) in [6.45, 7) is 2.02. The fourth-order valence-electron chi connectivity index (χ4n) is 1.46. The first-order chi connectivity index (χ1) is 7.58. The van der Waals surface area contributed by atoms with Crippen molar-refractivity contribution in [2.24, 2.45) is 0 Å². The molecule has 1 heterocycles. The van der Waals surface area contributed by atoms with Gasteiger partial charge in [-0.1, -0.05) is 22.0 Å². The first-order valence-corrected chi connectivity index (χ1v) is 6.28. The Morgan fingerprint density at radius 1 is 1.31 bits per heavy atom. The number of carboxylic acid groups (broad SMARTS) is 1. The lowest BCUT2D eigenvalue weighted by Gasteiger charge is -2.03. The van der Waals surface area contributed by atoms with Crippen LogP contribution in [0.5, 0.6) is 0 Å². The summed E-state index contributed by atoms with van der Waals surface area (Å²) in [5.74, 6) is -0.871. The predicted molar refractivity (Wildman–Crippen MR) is 69.2 cm³/mol. The van der Waals surface area contributed by atoms with Gasteiger partial charge in [0, 0.05) is 9.35 Å². The predicted octanol–water partition coefficient (Wildman–Crippen LogP) is 4.18. The SMILES string of the molecule is Cc1ccc(Br)cc1-c1ccc(C(=O)O)s1. The maximum absolute atomic E-state index is 10.8. The van der Waals surface area contributed by atoms with Gasteiger partial charge in [0.2, 0.25) is 0 Å². The number of aromatic carboxylic acids is 1. The van der Waals surface area contributed by atoms with Crippen molar-refractivity contribution in [2.45, 2.75) is 6.92 Å². The summed E-state index contributed by atoms with van der Waals surface area (Å²) < 4.78 is 0.998. The molecular formula is C12H9BrO2S. The lowest BCUT2D eigenvalue weighted by atomic mass is 10.1. The maximum Gasteiger partial charge on any atom is 0.345 e. The zero-order valence-corrected chi connectivity index (χ0v) is 10.9. The lowest BCUT2D eigenvalue weighted by Crippen LogP contribution is -1.89. The highest BCUT2D eigenvalue weighted by Crippen LogP contribution is 2.32. The summed E-state index contributed by atoms with van der Waals surface area (Å²) in [5, 5.41) is 8.87. The number of rotatable bonds is 2. The van der Waals surface area contributed by atoms with Gasteiger partial charge in [-0.05, 0) is 42.3 Å². The smallest absolute Gasteiger partial charge is 0.345 e. The van der Waals surface area contributed by atoms with Crippen molar-refractivity contribution < 1.29 is 9.90 Å². The van der Waals surface area contributed by atoms with Gasteiger partial charge in [0.25, 0.3) is 0 Å². The molecule has 16 heavy (non-hydrogen) atoms. The van der Waals surface area contributed by atoms with E-state index in [1.54, 1.807) is 6.07 Å². The third-order valence-corrected chi connectivity index (χ3v) is 3.88. The van der Waals surface area contributed by atoms with E-state index in [0.717, 1.165) is 20.5 Å². The van der Waals surface area contributed by atoms with E-state index < -0.39 is 5.97 Å². The molecule has 0 fully saturated rings. The molecule has 1 aromatic carbocycles. The molecule has 0 amide bonds. The average molecular weight is 297 g/mol. The molecule has 4 heteroatoms. The van der Waals surface area contributed by atoms with Crippen molar-refractivity contribution in [2.75, 3.05) is 0 Å². The van der Waals surface area contributed by atoms with Crippen LogP contribution in [-0.4, -0.2) is 11.1 Å². The van der Waals surface area contributed by atoms with Gasteiger partial charge in [-0.25, -0.2) is 4.79 Å². The Labute approximate surface area is 106 Å². The summed E-state index contributed by atoms with van der Waals surface area (Å²) >= 11 is 4.71. The van der Waals surface area contributed by atoms with Crippen LogP contribution in [0, 0.1) is 6.92 Å². The molecular weight excluding hydrogens is 288 g/mol. The monoisotopic (exact) mass is 296 g/mol. The number of carboxylic acids is 1. The van der Waals surface area contributed by atoms with Gasteiger partial charge >= 0.3 is 5.97 Å². The summed E-state index contributed by atoms with van der Waals surface area (Å²) in [7, 11) is 0. The Bertz CT molecular complexity index is 546. The number of carbonyl (C=O) groups is 1. The molecule has 0 aliphatic rings. The van der Waals surface area contributed by atoms with Crippen LogP contribution in [0.2, 0.25) is 0 Å². The molecule has 0 bridgehead atoms. The normalized spacial score (nSPS) is 10.4. The zero-order chi connectivity index (χ0) is 11.7. The summed E-state index contributed by atoms with van der Waals surface area (Å²) in [6.07, 6.45) is 0. The number of aryl methyl sites for hydroxylation is 1. The van der Waals surface area contributed by atoms with Crippen molar-refractivity contribution in [1.29, 1.82) is 0 Å². The minimum Gasteiger partial charge on any atom is -0.477 e. The van der Waals surface area contributed by atoms with E-state index in [9.17, 15) is 4.79 Å². The van der Waals surface area contributed by atoms with Crippen LogP contribution >= 0.6 is 27.3 Å². The highest BCUT2D eigenvalue weighted by Gasteiger charge is 2.10. The minimum absolute atomic E-state index is 0.370. The second-order valence-corrected chi connectivity index (χ2v) is 5.43. The van der Waals surface area contributed by atoms with Crippen LogP contribution in [0.15, 0.2) is 34.8 Å². The standard InChI is InChI=1S/C12H9BrO2S/c1-7-2-3-8(13)6-9(7)10-4-5-11(16-10)12(14)15/h2-6H,1H3,(H,14,15). The molecule has 1 N–H and O–H groups in total. The molecule has 1 aromatic heterocycles. The Kier molecular flexibility index (Phi) is 3.12. The number of thiophene rings is 1. The number of benzene rings is 1. The van der Waals surface area contributed by atoms with Crippen molar-refractivity contribution in [3.05, 3.63) is 45.2 Å². The molecule has 0 saturated carbocycles. The number of hydrogen-bond acceptors (Lipinski definition) is 2. The fourth-order valence-corrected chi connectivity index (χ4v) is 2.74. The first-order valence-electron chi connectivity index (χ1n) is 4.67. The zero-order valence-electron chi connectivity index (χ0n) is 8.53. The topological polar surface area (TPSA) is 37.3 Å². The van der Waals surface area contributed by atoms with Gasteiger partial charge in [0.1, 0.15) is 4.88 Å². The molecule has 0 unspecified atom stereocenters. The van der Waals surface area contributed by atoms with Crippen LogP contribution in [0.3, 0.4) is 0 Å². The van der Waals surface area contributed by atoms with E-state index >= 15 is 0 Å². The maximum atomic E-state index is 10.8. The Morgan fingerprint density at radius 3 is 2.69 bits per heavy atom. The minimum atomic E-state index is -0.871. The van der Waals surface area contributed by atoms with Crippen LogP contribution < -0.4 is 0 Å². The molecule has 2 aromatic rings. The fraction of sp³-hybridized carbons (Fsp3) is 0.0833. The molecule has 0 aliphatic heterocycles.